The van der Waals surface area contributed by atoms with Gasteiger partial charge in [0.05, 0.1) is 6.33 Å². The predicted molar refractivity (Wildman–Crippen MR) is 105 cm³/mol. The molecule has 188 valence electrons. The van der Waals surface area contributed by atoms with E-state index in [0.717, 1.165) is 10.9 Å². The number of H-pyrrole nitrogens is 1. The van der Waals surface area contributed by atoms with E-state index in [1.165, 1.54) is 0 Å². The van der Waals surface area contributed by atoms with E-state index in [0.29, 0.717) is 0 Å². The highest BCUT2D eigenvalue weighted by atomic mass is 31.3. The second kappa shape index (κ2) is 8.88. The summed E-state index contributed by atoms with van der Waals surface area (Å²) in [6, 6.07) is 0. The van der Waals surface area contributed by atoms with Crippen LogP contribution < -0.4 is 11.3 Å². The molecule has 1 fully saturated rings. The van der Waals surface area contributed by atoms with Crippen molar-refractivity contribution in [2.45, 2.75) is 24.1 Å². The second-order valence-electron chi connectivity index (χ2n) is 6.57. The average molecular weight is 549 g/mol. The van der Waals surface area contributed by atoms with Gasteiger partial charge in [0.1, 0.15) is 12.7 Å². The number of aliphatic hydroxyl groups is 1. The first-order valence-electron chi connectivity index (χ1n) is 8.47. The number of fused-ring (bicyclic) bond motifs is 1. The highest BCUT2D eigenvalue weighted by Gasteiger charge is 2.57. The molecule has 0 bridgehead atoms. The minimum Gasteiger partial charge on any atom is -0.386 e. The van der Waals surface area contributed by atoms with Gasteiger partial charge in [-0.1, -0.05) is 5.92 Å². The summed E-state index contributed by atoms with van der Waals surface area (Å²) in [6.07, 6.45) is -0.197. The van der Waals surface area contributed by atoms with Crippen LogP contribution in [-0.4, -0.2) is 68.7 Å². The van der Waals surface area contributed by atoms with Gasteiger partial charge < -0.3 is 35.2 Å². The zero-order valence-electron chi connectivity index (χ0n) is 16.2. The van der Waals surface area contributed by atoms with Gasteiger partial charge in [0.15, 0.2) is 29.2 Å². The lowest BCUT2D eigenvalue weighted by atomic mass is 9.98. The monoisotopic (exact) mass is 549 g/mol. The van der Waals surface area contributed by atoms with Crippen LogP contribution in [-0.2, 0) is 31.6 Å². The molecular formula is C12H15FN5O13P3. The first-order chi connectivity index (χ1) is 15.5. The summed E-state index contributed by atoms with van der Waals surface area (Å²) in [5, 5.41) is 10.3. The summed E-state index contributed by atoms with van der Waals surface area (Å²) in [4.78, 5) is 57.4. The number of hydrogen-bond acceptors (Lipinski definition) is 12. The number of imidazole rings is 1. The lowest BCUT2D eigenvalue weighted by Crippen LogP contribution is -2.44. The third-order valence-corrected chi connectivity index (χ3v) is 7.99. The Morgan fingerprint density at radius 2 is 1.94 bits per heavy atom. The summed E-state index contributed by atoms with van der Waals surface area (Å²) in [7, 11) is -17.1. The first kappa shape index (κ1) is 26.6. The van der Waals surface area contributed by atoms with Gasteiger partial charge in [-0.25, -0.2) is 23.1 Å². The van der Waals surface area contributed by atoms with E-state index in [9.17, 15) is 37.8 Å². The molecule has 8 N–H and O–H groups in total. The van der Waals surface area contributed by atoms with Crippen molar-refractivity contribution in [1.29, 1.82) is 0 Å². The van der Waals surface area contributed by atoms with Crippen molar-refractivity contribution < 1.29 is 60.6 Å². The number of hydrogen-bond donors (Lipinski definition) is 7. The number of anilines is 1. The zero-order chi connectivity index (χ0) is 25.7. The van der Waals surface area contributed by atoms with Crippen molar-refractivity contribution in [1.82, 2.24) is 19.5 Å². The molecule has 34 heavy (non-hydrogen) atoms. The molecule has 3 heterocycles. The van der Waals surface area contributed by atoms with Gasteiger partial charge in [-0.3, -0.25) is 18.9 Å². The van der Waals surface area contributed by atoms with Crippen LogP contribution >= 0.6 is 23.5 Å². The maximum Gasteiger partial charge on any atom is 0.490 e. The average Bonchev–Trinajstić information content (AvgIpc) is 3.18. The summed E-state index contributed by atoms with van der Waals surface area (Å²) in [5.41, 5.74) is 1.64. The number of phosphoric acid groups is 3. The van der Waals surface area contributed by atoms with Crippen molar-refractivity contribution in [2.75, 3.05) is 12.3 Å². The van der Waals surface area contributed by atoms with Crippen molar-refractivity contribution in [3.05, 3.63) is 16.7 Å². The van der Waals surface area contributed by atoms with Crippen LogP contribution in [0.3, 0.4) is 0 Å². The molecule has 18 nitrogen and oxygen atoms in total. The van der Waals surface area contributed by atoms with Gasteiger partial charge >= 0.3 is 23.5 Å². The van der Waals surface area contributed by atoms with E-state index in [2.05, 4.69) is 28.1 Å². The van der Waals surface area contributed by atoms with Crippen LogP contribution in [0.5, 0.6) is 0 Å². The minimum absolute atomic E-state index is 0.262. The molecule has 6 unspecified atom stereocenters. The van der Waals surface area contributed by atoms with Gasteiger partial charge in [0, 0.05) is 0 Å². The van der Waals surface area contributed by atoms with Crippen LogP contribution in [0.2, 0.25) is 0 Å². The fourth-order valence-corrected chi connectivity index (χ4v) is 5.91. The fourth-order valence-electron chi connectivity index (χ4n) is 2.86. The lowest BCUT2D eigenvalue weighted by molar-refractivity contribution is -0.0883. The third-order valence-electron chi connectivity index (χ3n) is 4.21. The molecule has 0 aromatic carbocycles. The highest BCUT2D eigenvalue weighted by Crippen LogP contribution is 2.66. The zero-order valence-corrected chi connectivity index (χ0v) is 18.9. The summed E-state index contributed by atoms with van der Waals surface area (Å²) in [6.45, 7) is -1.34. The SMILES string of the molecule is C#CC1(COP(=O)(O)OP(=O)(O)OP(=O)(O)O)OC(n2cnc3c(=O)[nH]c(N)nc32)C(F)C1O. The van der Waals surface area contributed by atoms with E-state index in [1.807, 2.05) is 5.92 Å². The number of phosphoric ester groups is 1. The number of nitrogen functional groups attached to an aromatic ring is 1. The Kier molecular flexibility index (Phi) is 6.94. The molecule has 1 aliphatic heterocycles. The standard InChI is InChI=1S/C12H15FN5O13P3/c1-2-12(3-28-33(24,25)31-34(26,27)30-32(21,22)23)7(19)5(13)10(29-12)18-4-15-6-8(18)16-11(14)17-9(6)20/h1,4-5,7,10,19H,3H2,(H,24,25)(H,26,27)(H2,21,22,23)(H3,14,16,17,20). The van der Waals surface area contributed by atoms with Crippen LogP contribution in [0.15, 0.2) is 11.1 Å². The number of aliphatic hydroxyl groups excluding tert-OH is 1. The van der Waals surface area contributed by atoms with Crippen molar-refractivity contribution in [2.24, 2.45) is 0 Å². The van der Waals surface area contributed by atoms with Gasteiger partial charge in [0.25, 0.3) is 5.56 Å². The number of nitrogens with two attached hydrogens (primary N) is 1. The highest BCUT2D eigenvalue weighted by molar-refractivity contribution is 7.66. The van der Waals surface area contributed by atoms with Crippen molar-refractivity contribution in [3.8, 4) is 12.3 Å². The van der Waals surface area contributed by atoms with E-state index < -0.39 is 59.7 Å². The molecular weight excluding hydrogens is 534 g/mol. The lowest BCUT2D eigenvalue weighted by Gasteiger charge is -2.26. The number of alkyl halides is 1. The number of nitrogens with zero attached hydrogens (tertiary/aromatic N) is 3. The quantitative estimate of drug-likeness (QED) is 0.148. The van der Waals surface area contributed by atoms with E-state index in [-0.39, 0.29) is 17.1 Å². The maximum absolute atomic E-state index is 15.0. The maximum atomic E-state index is 15.0. The number of ether oxygens (including phenoxy) is 1. The molecule has 0 amide bonds. The Labute approximate surface area is 186 Å². The topological polar surface area (TPSA) is 279 Å². The van der Waals surface area contributed by atoms with Crippen LogP contribution in [0, 0.1) is 12.3 Å². The normalized spacial score (nSPS) is 28.9. The number of aromatic nitrogens is 4. The van der Waals surface area contributed by atoms with E-state index in [4.69, 9.17) is 26.7 Å². The first-order valence-corrected chi connectivity index (χ1v) is 13.0. The summed E-state index contributed by atoms with van der Waals surface area (Å²) >= 11 is 0. The molecule has 1 aliphatic rings. The molecule has 3 rings (SSSR count). The molecule has 0 aliphatic carbocycles. The Bertz CT molecular complexity index is 1350. The predicted octanol–water partition coefficient (Wildman–Crippen LogP) is -1.36. The van der Waals surface area contributed by atoms with Gasteiger partial charge in [-0.05, 0) is 0 Å². The summed E-state index contributed by atoms with van der Waals surface area (Å²) < 4.78 is 66.6. The number of aromatic amines is 1. The van der Waals surface area contributed by atoms with E-state index >= 15 is 0 Å². The van der Waals surface area contributed by atoms with Crippen LogP contribution in [0.25, 0.3) is 11.2 Å². The molecule has 6 atom stereocenters. The Morgan fingerprint density at radius 3 is 2.53 bits per heavy atom. The number of nitrogens with one attached hydrogen (secondary N) is 1. The van der Waals surface area contributed by atoms with Gasteiger partial charge in [-0.2, -0.15) is 13.6 Å². The number of terminal acetylenes is 1. The van der Waals surface area contributed by atoms with E-state index in [1.54, 1.807) is 0 Å². The third kappa shape index (κ3) is 5.44. The Hall–Kier alpha value is -2.03. The smallest absolute Gasteiger partial charge is 0.386 e. The van der Waals surface area contributed by atoms with Crippen molar-refractivity contribution in [3.63, 3.8) is 0 Å². The van der Waals surface area contributed by atoms with Crippen LogP contribution in [0.4, 0.5) is 10.3 Å². The summed E-state index contributed by atoms with van der Waals surface area (Å²) in [5.74, 6) is 1.48. The molecule has 2 aromatic rings. The molecule has 0 saturated carbocycles. The molecule has 0 radical (unpaired) electrons. The van der Waals surface area contributed by atoms with Crippen molar-refractivity contribution >= 4 is 40.6 Å². The van der Waals surface area contributed by atoms with Gasteiger partial charge in [-0.15, -0.1) is 6.42 Å². The molecule has 0 spiro atoms. The van der Waals surface area contributed by atoms with Gasteiger partial charge in [0.2, 0.25) is 5.95 Å². The fraction of sp³-hybridized carbons (Fsp3) is 0.417. The Morgan fingerprint density at radius 1 is 1.29 bits per heavy atom. The Balaban J connectivity index is 1.84. The second-order valence-corrected chi connectivity index (χ2v) is 11.0. The number of halogens is 1. The molecule has 22 heteroatoms. The molecule has 1 saturated heterocycles. The number of rotatable bonds is 8. The molecule has 2 aromatic heterocycles. The largest absolute Gasteiger partial charge is 0.490 e. The van der Waals surface area contributed by atoms with Crippen LogP contribution in [0.1, 0.15) is 6.23 Å². The minimum atomic E-state index is -5.84.